The third-order valence-electron chi connectivity index (χ3n) is 8.58. The Morgan fingerprint density at radius 1 is 0.690 bits per heavy atom. The van der Waals surface area contributed by atoms with E-state index in [1.807, 2.05) is 56.0 Å². The molecule has 242 valence electrons. The molecule has 0 aliphatic heterocycles. The molecule has 1 aromatic carbocycles. The van der Waals surface area contributed by atoms with E-state index in [0.29, 0.717) is 38.8 Å². The lowest BCUT2D eigenvalue weighted by atomic mass is 10.1. The second kappa shape index (κ2) is 19.7. The van der Waals surface area contributed by atoms with Crippen LogP contribution in [0.3, 0.4) is 0 Å². The number of hydrogen-bond donors (Lipinski definition) is 0. The molecule has 0 saturated heterocycles. The number of carbonyl (C=O) groups excluding carboxylic acids is 2. The van der Waals surface area contributed by atoms with Crippen molar-refractivity contribution in [3.8, 4) is 0 Å². The SMILES string of the molecule is CCO[Si](CCCN(c1ccccc1)C(CC(=O)O[Si](CC)(CC)CC)C(=O)O[Si](CC)(CC)CC)(OCC)OCC. The quantitative estimate of drug-likeness (QED) is 0.112. The molecule has 0 bridgehead atoms. The standard InChI is InChI=1S/C31H59NO7Si3/c1-10-35-42(36-11-2,37-12-3)26-22-25-32(28-23-20-19-21-24-28)29(31(34)39-41(16-7,17-8)18-9)27-30(33)38-40(13-4,14-5)15-6/h19-21,23-24,29H,10-18,22,25-27H2,1-9H3. The van der Waals surface area contributed by atoms with Gasteiger partial charge in [0.05, 0.1) is 6.42 Å². The minimum absolute atomic E-state index is 0.0466. The highest BCUT2D eigenvalue weighted by Crippen LogP contribution is 2.29. The average Bonchev–Trinajstić information content (AvgIpc) is 3.01. The van der Waals surface area contributed by atoms with E-state index in [1.54, 1.807) is 0 Å². The van der Waals surface area contributed by atoms with Crippen LogP contribution in [-0.4, -0.2) is 69.8 Å². The zero-order valence-electron chi connectivity index (χ0n) is 28.0. The Bertz CT molecular complexity index is 864. The van der Waals surface area contributed by atoms with Crippen LogP contribution in [-0.2, 0) is 31.7 Å². The Balaban J connectivity index is 3.49. The summed E-state index contributed by atoms with van der Waals surface area (Å²) in [6, 6.07) is 14.7. The molecule has 0 amide bonds. The molecule has 8 nitrogen and oxygen atoms in total. The number of nitrogens with zero attached hydrogens (tertiary/aromatic N) is 1. The van der Waals surface area contributed by atoms with Crippen LogP contribution in [0.1, 0.15) is 75.2 Å². The van der Waals surface area contributed by atoms with Gasteiger partial charge in [-0.05, 0) is 75.6 Å². The lowest BCUT2D eigenvalue weighted by molar-refractivity contribution is -0.143. The summed E-state index contributed by atoms with van der Waals surface area (Å²) >= 11 is 0. The van der Waals surface area contributed by atoms with Crippen molar-refractivity contribution in [2.24, 2.45) is 0 Å². The van der Waals surface area contributed by atoms with Gasteiger partial charge in [0.15, 0.2) is 0 Å². The van der Waals surface area contributed by atoms with E-state index in [4.69, 9.17) is 22.1 Å². The molecule has 42 heavy (non-hydrogen) atoms. The minimum atomic E-state index is -2.88. The van der Waals surface area contributed by atoms with Crippen LogP contribution < -0.4 is 4.90 Å². The number of rotatable bonds is 23. The summed E-state index contributed by atoms with van der Waals surface area (Å²) in [6.45, 7) is 20.5. The van der Waals surface area contributed by atoms with Crippen molar-refractivity contribution < 1.29 is 31.7 Å². The first-order valence-electron chi connectivity index (χ1n) is 16.3. The van der Waals surface area contributed by atoms with E-state index in [0.717, 1.165) is 42.0 Å². The maximum absolute atomic E-state index is 14.1. The molecule has 0 heterocycles. The smallest absolute Gasteiger partial charge is 0.500 e. The largest absolute Gasteiger partial charge is 0.519 e. The fraction of sp³-hybridized carbons (Fsp3) is 0.742. The topological polar surface area (TPSA) is 83.5 Å². The van der Waals surface area contributed by atoms with E-state index in [2.05, 4.69) is 41.5 Å². The summed E-state index contributed by atoms with van der Waals surface area (Å²) in [4.78, 5) is 29.7. The summed E-state index contributed by atoms with van der Waals surface area (Å²) < 4.78 is 30.9. The lowest BCUT2D eigenvalue weighted by Crippen LogP contribution is -2.51. The van der Waals surface area contributed by atoms with Crippen LogP contribution in [0.15, 0.2) is 30.3 Å². The van der Waals surface area contributed by atoms with Crippen molar-refractivity contribution >= 4 is 43.1 Å². The van der Waals surface area contributed by atoms with Crippen LogP contribution in [0.4, 0.5) is 5.69 Å². The maximum Gasteiger partial charge on any atom is 0.500 e. The van der Waals surface area contributed by atoms with Crippen molar-refractivity contribution in [1.29, 1.82) is 0 Å². The van der Waals surface area contributed by atoms with Gasteiger partial charge in [0, 0.05) is 38.1 Å². The van der Waals surface area contributed by atoms with Gasteiger partial charge in [0.2, 0.25) is 0 Å². The Labute approximate surface area is 259 Å². The molecule has 0 N–H and O–H groups in total. The Kier molecular flexibility index (Phi) is 18.1. The van der Waals surface area contributed by atoms with Crippen molar-refractivity contribution in [2.75, 3.05) is 31.3 Å². The van der Waals surface area contributed by atoms with Crippen LogP contribution in [0.5, 0.6) is 0 Å². The molecule has 11 heteroatoms. The molecule has 1 unspecified atom stereocenters. The zero-order valence-corrected chi connectivity index (χ0v) is 31.0. The van der Waals surface area contributed by atoms with Gasteiger partial charge in [0.1, 0.15) is 6.04 Å². The van der Waals surface area contributed by atoms with Crippen molar-refractivity contribution in [3.63, 3.8) is 0 Å². The summed E-state index contributed by atoms with van der Waals surface area (Å²) in [5.41, 5.74) is 0.866. The van der Waals surface area contributed by atoms with Crippen LogP contribution >= 0.6 is 0 Å². The predicted octanol–water partition coefficient (Wildman–Crippen LogP) is 7.79. The van der Waals surface area contributed by atoms with E-state index in [1.165, 1.54) is 0 Å². The zero-order chi connectivity index (χ0) is 31.7. The van der Waals surface area contributed by atoms with E-state index >= 15 is 0 Å². The second-order valence-corrected chi connectivity index (χ2v) is 22.8. The minimum Gasteiger partial charge on any atom is -0.519 e. The maximum atomic E-state index is 14.1. The number of hydrogen-bond acceptors (Lipinski definition) is 8. The van der Waals surface area contributed by atoms with E-state index < -0.39 is 31.5 Å². The number of benzene rings is 1. The summed E-state index contributed by atoms with van der Waals surface area (Å²) in [7, 11) is -7.35. The monoisotopic (exact) mass is 641 g/mol. The molecule has 0 fully saturated rings. The van der Waals surface area contributed by atoms with Crippen LogP contribution in [0, 0.1) is 0 Å². The first-order chi connectivity index (χ1) is 20.1. The number of anilines is 1. The third-order valence-corrected chi connectivity index (χ3v) is 20.8. The van der Waals surface area contributed by atoms with Gasteiger partial charge >= 0.3 is 14.8 Å². The van der Waals surface area contributed by atoms with Gasteiger partial charge in [-0.25, -0.2) is 0 Å². The Morgan fingerprint density at radius 3 is 1.57 bits per heavy atom. The molecule has 1 atom stereocenters. The fourth-order valence-corrected chi connectivity index (χ4v) is 13.1. The Morgan fingerprint density at radius 2 is 1.14 bits per heavy atom. The van der Waals surface area contributed by atoms with E-state index in [-0.39, 0.29) is 18.4 Å². The number of carbonyl (C=O) groups is 2. The van der Waals surface area contributed by atoms with Gasteiger partial charge in [0.25, 0.3) is 22.6 Å². The first kappa shape index (κ1) is 38.5. The molecule has 1 aromatic rings. The molecule has 0 radical (unpaired) electrons. The first-order valence-corrected chi connectivity index (χ1v) is 23.3. The molecule has 0 aromatic heterocycles. The summed E-state index contributed by atoms with van der Waals surface area (Å²) in [5, 5.41) is 0. The van der Waals surface area contributed by atoms with Gasteiger partial charge in [-0.15, -0.1) is 0 Å². The van der Waals surface area contributed by atoms with Gasteiger partial charge in [-0.1, -0.05) is 59.7 Å². The fourth-order valence-electron chi connectivity index (χ4n) is 5.53. The second-order valence-electron chi connectivity index (χ2n) is 10.7. The molecule has 0 aliphatic carbocycles. The molecular formula is C31H59NO7Si3. The van der Waals surface area contributed by atoms with Crippen LogP contribution in [0.25, 0.3) is 0 Å². The van der Waals surface area contributed by atoms with Crippen LogP contribution in [0.2, 0.25) is 42.3 Å². The highest BCUT2D eigenvalue weighted by atomic mass is 28.4. The molecule has 0 saturated carbocycles. The predicted molar refractivity (Wildman–Crippen MR) is 179 cm³/mol. The highest BCUT2D eigenvalue weighted by molar-refractivity contribution is 6.75. The number of para-hydroxylation sites is 1. The van der Waals surface area contributed by atoms with Gasteiger partial charge < -0.3 is 27.0 Å². The lowest BCUT2D eigenvalue weighted by Gasteiger charge is -2.37. The summed E-state index contributed by atoms with van der Waals surface area (Å²) in [6.07, 6.45) is 0.616. The summed E-state index contributed by atoms with van der Waals surface area (Å²) in [5.74, 6) is -0.638. The molecule has 0 spiro atoms. The molecule has 1 rings (SSSR count). The van der Waals surface area contributed by atoms with Crippen molar-refractivity contribution in [1.82, 2.24) is 0 Å². The third kappa shape index (κ3) is 11.2. The van der Waals surface area contributed by atoms with Crippen molar-refractivity contribution in [2.45, 2.75) is 124 Å². The highest BCUT2D eigenvalue weighted by Gasteiger charge is 2.42. The van der Waals surface area contributed by atoms with Gasteiger partial charge in [-0.2, -0.15) is 0 Å². The normalized spacial score (nSPS) is 13.1. The van der Waals surface area contributed by atoms with Gasteiger partial charge in [-0.3, -0.25) is 9.59 Å². The molecular weight excluding hydrogens is 583 g/mol. The van der Waals surface area contributed by atoms with E-state index in [9.17, 15) is 9.59 Å². The average molecular weight is 642 g/mol. The molecule has 0 aliphatic rings. The Hall–Kier alpha value is -1.51. The van der Waals surface area contributed by atoms with Crippen molar-refractivity contribution in [3.05, 3.63) is 30.3 Å².